The van der Waals surface area contributed by atoms with E-state index in [1.54, 1.807) is 6.92 Å². The highest BCUT2D eigenvalue weighted by Crippen LogP contribution is 2.01. The van der Waals surface area contributed by atoms with Crippen LogP contribution in [0.3, 0.4) is 0 Å². The molecular weight excluding hydrogens is 186 g/mol. The van der Waals surface area contributed by atoms with Crippen LogP contribution in [0, 0.1) is 6.92 Å². The quantitative estimate of drug-likeness (QED) is 0.549. The Hall–Kier alpha value is -1.40. The van der Waals surface area contributed by atoms with Crippen LogP contribution in [0.2, 0.25) is 0 Å². The van der Waals surface area contributed by atoms with E-state index in [0.717, 1.165) is 0 Å². The zero-order valence-corrected chi connectivity index (χ0v) is 7.84. The second-order valence-corrected chi connectivity index (χ2v) is 3.08. The van der Waals surface area contributed by atoms with Gasteiger partial charge < -0.3 is 15.9 Å². The predicted octanol–water partition coefficient (Wildman–Crippen LogP) is -1.51. The zero-order chi connectivity index (χ0) is 10.7. The predicted molar refractivity (Wildman–Crippen MR) is 50.7 cm³/mol. The maximum Gasteiger partial charge on any atom is 0.349 e. The summed E-state index contributed by atoms with van der Waals surface area (Å²) in [5, 5.41) is 17.7. The van der Waals surface area contributed by atoms with Gasteiger partial charge in [0.25, 0.3) is 0 Å². The van der Waals surface area contributed by atoms with Gasteiger partial charge in [0.05, 0.1) is 19.3 Å². The highest BCUT2D eigenvalue weighted by Gasteiger charge is 2.07. The summed E-state index contributed by atoms with van der Waals surface area (Å²) in [6.45, 7) is 1.34. The van der Waals surface area contributed by atoms with Crippen molar-refractivity contribution >= 4 is 5.82 Å². The number of nitrogen functional groups attached to an aromatic ring is 1. The number of aliphatic hydroxyl groups excluding tert-OH is 2. The van der Waals surface area contributed by atoms with Crippen LogP contribution in [0.5, 0.6) is 0 Å². The molecule has 1 heterocycles. The van der Waals surface area contributed by atoms with Gasteiger partial charge in [0, 0.05) is 11.8 Å². The first-order chi connectivity index (χ1) is 6.54. The molecule has 4 N–H and O–H groups in total. The molecule has 0 aliphatic carbocycles. The molecule has 0 aliphatic rings. The lowest BCUT2D eigenvalue weighted by Gasteiger charge is -2.10. The van der Waals surface area contributed by atoms with Gasteiger partial charge in [-0.05, 0) is 6.92 Å². The molecule has 0 bridgehead atoms. The van der Waals surface area contributed by atoms with Crippen molar-refractivity contribution in [3.8, 4) is 0 Å². The maximum absolute atomic E-state index is 11.2. The third-order valence-electron chi connectivity index (χ3n) is 1.83. The Morgan fingerprint density at radius 2 is 2.36 bits per heavy atom. The van der Waals surface area contributed by atoms with Crippen molar-refractivity contribution in [1.29, 1.82) is 0 Å². The summed E-state index contributed by atoms with van der Waals surface area (Å²) in [6.07, 6.45) is 0.543. The molecule has 0 aromatic carbocycles. The Bertz CT molecular complexity index is 375. The van der Waals surface area contributed by atoms with E-state index in [2.05, 4.69) is 4.98 Å². The van der Waals surface area contributed by atoms with E-state index in [9.17, 15) is 4.79 Å². The molecule has 78 valence electrons. The minimum Gasteiger partial charge on any atom is -0.394 e. The van der Waals surface area contributed by atoms with E-state index >= 15 is 0 Å². The first-order valence-corrected chi connectivity index (χ1v) is 4.17. The summed E-state index contributed by atoms with van der Waals surface area (Å²) in [5.74, 6) is 0.185. The number of hydrogen-bond acceptors (Lipinski definition) is 5. The number of nitrogens with two attached hydrogens (primary N) is 1. The fourth-order valence-electron chi connectivity index (χ4n) is 1.03. The number of anilines is 1. The van der Waals surface area contributed by atoms with Gasteiger partial charge in [0.15, 0.2) is 0 Å². The summed E-state index contributed by atoms with van der Waals surface area (Å²) < 4.78 is 1.21. The van der Waals surface area contributed by atoms with Crippen LogP contribution in [0.4, 0.5) is 5.82 Å². The molecule has 0 aliphatic heterocycles. The highest BCUT2D eigenvalue weighted by molar-refractivity contribution is 5.34. The number of aromatic nitrogens is 2. The molecule has 1 atom stereocenters. The molecule has 0 spiro atoms. The zero-order valence-electron chi connectivity index (χ0n) is 7.84. The van der Waals surface area contributed by atoms with E-state index in [-0.39, 0.29) is 12.4 Å². The fraction of sp³-hybridized carbons (Fsp3) is 0.500. The van der Waals surface area contributed by atoms with Crippen molar-refractivity contribution < 1.29 is 10.2 Å². The Kier molecular flexibility index (Phi) is 3.21. The minimum absolute atomic E-state index is 0.0173. The average molecular weight is 199 g/mol. The van der Waals surface area contributed by atoms with Crippen LogP contribution in [0.15, 0.2) is 11.0 Å². The molecule has 0 saturated heterocycles. The largest absolute Gasteiger partial charge is 0.394 e. The second kappa shape index (κ2) is 4.21. The molecule has 1 rings (SSSR count). The summed E-state index contributed by atoms with van der Waals surface area (Å²) in [7, 11) is 0. The molecule has 6 nitrogen and oxygen atoms in total. The Morgan fingerprint density at radius 1 is 1.71 bits per heavy atom. The van der Waals surface area contributed by atoms with Crippen molar-refractivity contribution in [2.45, 2.75) is 19.6 Å². The van der Waals surface area contributed by atoms with Crippen LogP contribution >= 0.6 is 0 Å². The average Bonchev–Trinajstić information content (AvgIpc) is 2.14. The van der Waals surface area contributed by atoms with Gasteiger partial charge >= 0.3 is 5.69 Å². The molecule has 14 heavy (non-hydrogen) atoms. The minimum atomic E-state index is -0.961. The molecule has 6 heteroatoms. The number of aliphatic hydroxyl groups is 2. The van der Waals surface area contributed by atoms with Crippen LogP contribution in [-0.2, 0) is 6.54 Å². The van der Waals surface area contributed by atoms with E-state index < -0.39 is 18.4 Å². The van der Waals surface area contributed by atoms with Gasteiger partial charge in [-0.3, -0.25) is 4.57 Å². The summed E-state index contributed by atoms with van der Waals surface area (Å²) in [6, 6.07) is 0. The van der Waals surface area contributed by atoms with E-state index in [1.165, 1.54) is 10.8 Å². The van der Waals surface area contributed by atoms with E-state index in [1.807, 2.05) is 0 Å². The van der Waals surface area contributed by atoms with Gasteiger partial charge in [-0.1, -0.05) is 0 Å². The number of hydrogen-bond donors (Lipinski definition) is 3. The second-order valence-electron chi connectivity index (χ2n) is 3.08. The van der Waals surface area contributed by atoms with Gasteiger partial charge in [0.1, 0.15) is 5.82 Å². The van der Waals surface area contributed by atoms with Crippen LogP contribution in [0.1, 0.15) is 5.56 Å². The van der Waals surface area contributed by atoms with Crippen LogP contribution < -0.4 is 11.4 Å². The summed E-state index contributed by atoms with van der Waals surface area (Å²) >= 11 is 0. The SMILES string of the molecule is Cc1cn(C[C@H](O)CO)c(=O)nc1N. The maximum atomic E-state index is 11.2. The van der Waals surface area contributed by atoms with E-state index in [0.29, 0.717) is 5.56 Å². The normalized spacial score (nSPS) is 12.8. The van der Waals surface area contributed by atoms with Crippen molar-refractivity contribution in [3.05, 3.63) is 22.2 Å². The van der Waals surface area contributed by atoms with Crippen LogP contribution in [0.25, 0.3) is 0 Å². The lowest BCUT2D eigenvalue weighted by Crippen LogP contribution is -2.30. The first kappa shape index (κ1) is 10.7. The highest BCUT2D eigenvalue weighted by atomic mass is 16.3. The van der Waals surface area contributed by atoms with Gasteiger partial charge in [0.2, 0.25) is 0 Å². The molecule has 1 aromatic heterocycles. The topological polar surface area (TPSA) is 101 Å². The summed E-state index contributed by atoms with van der Waals surface area (Å²) in [5.41, 5.74) is 5.55. The monoisotopic (exact) mass is 199 g/mol. The lowest BCUT2D eigenvalue weighted by atomic mass is 10.3. The fourth-order valence-corrected chi connectivity index (χ4v) is 1.03. The Labute approximate surface area is 80.6 Å². The van der Waals surface area contributed by atoms with Crippen molar-refractivity contribution in [2.75, 3.05) is 12.3 Å². The molecule has 0 amide bonds. The molecular formula is C8H13N3O3. The number of nitrogens with zero attached hydrogens (tertiary/aromatic N) is 2. The molecule has 0 saturated carbocycles. The van der Waals surface area contributed by atoms with E-state index in [4.69, 9.17) is 15.9 Å². The van der Waals surface area contributed by atoms with Crippen LogP contribution in [-0.4, -0.2) is 32.5 Å². The Balaban J connectivity index is 2.98. The van der Waals surface area contributed by atoms with Crippen molar-refractivity contribution in [1.82, 2.24) is 9.55 Å². The standard InChI is InChI=1S/C8H13N3O3/c1-5-2-11(3-6(13)4-12)8(14)10-7(5)9/h2,6,12-13H,3-4H2,1H3,(H2,9,10,14)/t6-/m0/s1. The molecule has 0 radical (unpaired) electrons. The molecule has 0 fully saturated rings. The third kappa shape index (κ3) is 2.30. The molecule has 1 aromatic rings. The smallest absolute Gasteiger partial charge is 0.349 e. The van der Waals surface area contributed by atoms with Gasteiger partial charge in [-0.25, -0.2) is 4.79 Å². The lowest BCUT2D eigenvalue weighted by molar-refractivity contribution is 0.0800. The molecule has 0 unspecified atom stereocenters. The van der Waals surface area contributed by atoms with Gasteiger partial charge in [-0.2, -0.15) is 4.98 Å². The number of aryl methyl sites for hydroxylation is 1. The third-order valence-corrected chi connectivity index (χ3v) is 1.83. The van der Waals surface area contributed by atoms with Crippen molar-refractivity contribution in [2.24, 2.45) is 0 Å². The Morgan fingerprint density at radius 3 is 2.93 bits per heavy atom. The van der Waals surface area contributed by atoms with Gasteiger partial charge in [-0.15, -0.1) is 0 Å². The number of rotatable bonds is 3. The van der Waals surface area contributed by atoms with Crippen molar-refractivity contribution in [3.63, 3.8) is 0 Å². The first-order valence-electron chi connectivity index (χ1n) is 4.17. The summed E-state index contributed by atoms with van der Waals surface area (Å²) in [4.78, 5) is 14.8.